The van der Waals surface area contributed by atoms with Crippen LogP contribution in [0.1, 0.15) is 12.8 Å². The molecule has 0 saturated heterocycles. The highest BCUT2D eigenvalue weighted by molar-refractivity contribution is 4.78. The summed E-state index contributed by atoms with van der Waals surface area (Å²) < 4.78 is 47.4. The Kier molecular flexibility index (Phi) is 4.47. The number of rotatable bonds is 5. The molecule has 0 aliphatic heterocycles. The summed E-state index contributed by atoms with van der Waals surface area (Å²) in [6.45, 7) is -0.406. The topological polar surface area (TPSA) is 40.5 Å². The molecule has 2 N–H and O–H groups in total. The van der Waals surface area contributed by atoms with Crippen molar-refractivity contribution in [3.8, 4) is 0 Å². The summed E-state index contributed by atoms with van der Waals surface area (Å²) in [5.41, 5.74) is 0. The van der Waals surface area contributed by atoms with Crippen LogP contribution in [0.15, 0.2) is 0 Å². The third-order valence-corrected chi connectivity index (χ3v) is 1.37. The van der Waals surface area contributed by atoms with Crippen molar-refractivity contribution < 1.29 is 27.8 Å². The second kappa shape index (κ2) is 4.61. The monoisotopic (exact) mass is 190 g/mol. The van der Waals surface area contributed by atoms with Gasteiger partial charge in [0.2, 0.25) is 0 Å². The van der Waals surface area contributed by atoms with Gasteiger partial charge in [-0.1, -0.05) is 0 Å². The SMILES string of the molecule is OCCCC(O)C(F)(F)C(F)F. The molecule has 6 heteroatoms. The summed E-state index contributed by atoms with van der Waals surface area (Å²) in [7, 11) is 0. The molecule has 0 aliphatic rings. The molecular weight excluding hydrogens is 180 g/mol. The van der Waals surface area contributed by atoms with Gasteiger partial charge in [-0.25, -0.2) is 8.78 Å². The number of alkyl halides is 4. The lowest BCUT2D eigenvalue weighted by Gasteiger charge is -2.20. The molecule has 0 aliphatic carbocycles. The molecular formula is C6H10F4O2. The van der Waals surface area contributed by atoms with Crippen LogP contribution in [0.2, 0.25) is 0 Å². The van der Waals surface area contributed by atoms with E-state index in [2.05, 4.69) is 0 Å². The Labute approximate surface area is 66.8 Å². The zero-order chi connectivity index (χ0) is 9.78. The summed E-state index contributed by atoms with van der Waals surface area (Å²) in [5.74, 6) is -4.38. The fourth-order valence-electron chi connectivity index (χ4n) is 0.623. The van der Waals surface area contributed by atoms with Gasteiger partial charge in [-0.05, 0) is 12.8 Å². The van der Waals surface area contributed by atoms with E-state index in [0.29, 0.717) is 0 Å². The Balaban J connectivity index is 3.97. The number of aliphatic hydroxyl groups is 2. The van der Waals surface area contributed by atoms with Crippen LogP contribution in [0.5, 0.6) is 0 Å². The van der Waals surface area contributed by atoms with Crippen molar-refractivity contribution in [1.82, 2.24) is 0 Å². The molecule has 12 heavy (non-hydrogen) atoms. The minimum atomic E-state index is -4.38. The maximum atomic E-state index is 12.2. The van der Waals surface area contributed by atoms with Crippen LogP contribution in [0.3, 0.4) is 0 Å². The zero-order valence-electron chi connectivity index (χ0n) is 6.18. The smallest absolute Gasteiger partial charge is 0.332 e. The van der Waals surface area contributed by atoms with Gasteiger partial charge in [-0.3, -0.25) is 0 Å². The van der Waals surface area contributed by atoms with E-state index < -0.39 is 31.5 Å². The number of aliphatic hydroxyl groups excluding tert-OH is 2. The zero-order valence-corrected chi connectivity index (χ0v) is 6.18. The van der Waals surface area contributed by atoms with Crippen LogP contribution in [-0.2, 0) is 0 Å². The van der Waals surface area contributed by atoms with E-state index in [1.807, 2.05) is 0 Å². The van der Waals surface area contributed by atoms with Crippen LogP contribution in [0, 0.1) is 0 Å². The first-order chi connectivity index (χ1) is 5.42. The minimum Gasteiger partial charge on any atom is -0.396 e. The Morgan fingerprint density at radius 2 is 1.75 bits per heavy atom. The van der Waals surface area contributed by atoms with E-state index in [-0.39, 0.29) is 6.42 Å². The van der Waals surface area contributed by atoms with E-state index in [0.717, 1.165) is 0 Å². The molecule has 0 rings (SSSR count). The molecule has 1 unspecified atom stereocenters. The fraction of sp³-hybridized carbons (Fsp3) is 1.00. The quantitative estimate of drug-likeness (QED) is 0.635. The van der Waals surface area contributed by atoms with Gasteiger partial charge in [-0.15, -0.1) is 0 Å². The van der Waals surface area contributed by atoms with Crippen molar-refractivity contribution in [2.24, 2.45) is 0 Å². The summed E-state index contributed by atoms with van der Waals surface area (Å²) in [4.78, 5) is 0. The first-order valence-corrected chi connectivity index (χ1v) is 3.37. The Morgan fingerprint density at radius 3 is 2.08 bits per heavy atom. The number of hydrogen-bond acceptors (Lipinski definition) is 2. The van der Waals surface area contributed by atoms with Gasteiger partial charge < -0.3 is 10.2 Å². The second-order valence-electron chi connectivity index (χ2n) is 2.36. The largest absolute Gasteiger partial charge is 0.396 e. The van der Waals surface area contributed by atoms with Crippen molar-refractivity contribution in [3.05, 3.63) is 0 Å². The van der Waals surface area contributed by atoms with E-state index in [1.165, 1.54) is 0 Å². The Morgan fingerprint density at radius 1 is 1.25 bits per heavy atom. The minimum absolute atomic E-state index is 0.122. The predicted molar refractivity (Wildman–Crippen MR) is 33.3 cm³/mol. The average molecular weight is 190 g/mol. The van der Waals surface area contributed by atoms with Gasteiger partial charge in [0.15, 0.2) is 0 Å². The van der Waals surface area contributed by atoms with Crippen LogP contribution in [0.25, 0.3) is 0 Å². The molecule has 0 amide bonds. The maximum absolute atomic E-state index is 12.2. The molecule has 0 aromatic rings. The molecule has 0 heterocycles. The highest BCUT2D eigenvalue weighted by atomic mass is 19.3. The summed E-state index contributed by atoms with van der Waals surface area (Å²) in [6.07, 6.45) is -6.91. The van der Waals surface area contributed by atoms with Gasteiger partial charge in [-0.2, -0.15) is 8.78 Å². The lowest BCUT2D eigenvalue weighted by atomic mass is 10.1. The normalized spacial score (nSPS) is 15.2. The van der Waals surface area contributed by atoms with E-state index in [1.54, 1.807) is 0 Å². The molecule has 0 radical (unpaired) electrons. The lowest BCUT2D eigenvalue weighted by Crippen LogP contribution is -2.40. The standard InChI is InChI=1S/C6H10F4O2/c7-5(8)6(9,10)4(12)2-1-3-11/h4-5,11-12H,1-3H2. The first kappa shape index (κ1) is 11.6. The third-order valence-electron chi connectivity index (χ3n) is 1.37. The molecule has 0 aromatic carbocycles. The van der Waals surface area contributed by atoms with Crippen LogP contribution >= 0.6 is 0 Å². The van der Waals surface area contributed by atoms with Crippen molar-refractivity contribution in [2.75, 3.05) is 6.61 Å². The molecule has 1 atom stereocenters. The van der Waals surface area contributed by atoms with Gasteiger partial charge in [0.05, 0.1) is 0 Å². The second-order valence-corrected chi connectivity index (χ2v) is 2.36. The highest BCUT2D eigenvalue weighted by Crippen LogP contribution is 2.28. The maximum Gasteiger partial charge on any atom is 0.332 e. The molecule has 0 spiro atoms. The van der Waals surface area contributed by atoms with Crippen LogP contribution in [-0.4, -0.2) is 35.3 Å². The van der Waals surface area contributed by atoms with Gasteiger partial charge in [0.1, 0.15) is 6.10 Å². The number of halogens is 4. The van der Waals surface area contributed by atoms with Crippen molar-refractivity contribution in [1.29, 1.82) is 0 Å². The van der Waals surface area contributed by atoms with Crippen molar-refractivity contribution >= 4 is 0 Å². The van der Waals surface area contributed by atoms with Crippen molar-refractivity contribution in [2.45, 2.75) is 31.3 Å². The highest BCUT2D eigenvalue weighted by Gasteiger charge is 2.47. The van der Waals surface area contributed by atoms with Crippen LogP contribution < -0.4 is 0 Å². The van der Waals surface area contributed by atoms with Gasteiger partial charge in [0.25, 0.3) is 0 Å². The molecule has 0 bridgehead atoms. The summed E-state index contributed by atoms with van der Waals surface area (Å²) in [6, 6.07) is 0. The summed E-state index contributed by atoms with van der Waals surface area (Å²) >= 11 is 0. The predicted octanol–water partition coefficient (Wildman–Crippen LogP) is 1.02. The van der Waals surface area contributed by atoms with E-state index in [9.17, 15) is 17.6 Å². The van der Waals surface area contributed by atoms with Crippen molar-refractivity contribution in [3.63, 3.8) is 0 Å². The Hall–Kier alpha value is -0.360. The molecule has 0 saturated carbocycles. The van der Waals surface area contributed by atoms with E-state index in [4.69, 9.17) is 10.2 Å². The van der Waals surface area contributed by atoms with Gasteiger partial charge >= 0.3 is 12.3 Å². The first-order valence-electron chi connectivity index (χ1n) is 3.37. The average Bonchev–Trinajstić information content (AvgIpc) is 1.99. The summed E-state index contributed by atoms with van der Waals surface area (Å²) in [5, 5.41) is 16.7. The molecule has 74 valence electrons. The number of hydrogen-bond donors (Lipinski definition) is 2. The van der Waals surface area contributed by atoms with Crippen LogP contribution in [0.4, 0.5) is 17.6 Å². The molecule has 0 fully saturated rings. The Bertz CT molecular complexity index is 129. The molecule has 0 aromatic heterocycles. The fourth-order valence-corrected chi connectivity index (χ4v) is 0.623. The van der Waals surface area contributed by atoms with Gasteiger partial charge in [0, 0.05) is 6.61 Å². The third kappa shape index (κ3) is 2.94. The lowest BCUT2D eigenvalue weighted by molar-refractivity contribution is -0.193. The van der Waals surface area contributed by atoms with E-state index >= 15 is 0 Å². The molecule has 2 nitrogen and oxygen atoms in total.